The second-order valence-electron chi connectivity index (χ2n) is 7.04. The molecule has 3 amide bonds. The molecule has 9 heteroatoms. The van der Waals surface area contributed by atoms with E-state index in [0.717, 1.165) is 5.56 Å². The fourth-order valence-corrected chi connectivity index (χ4v) is 3.29. The summed E-state index contributed by atoms with van der Waals surface area (Å²) in [4.78, 5) is 48.5. The van der Waals surface area contributed by atoms with Gasteiger partial charge in [0.25, 0.3) is 5.91 Å². The van der Waals surface area contributed by atoms with Crippen LogP contribution in [-0.2, 0) is 25.6 Å². The largest absolute Gasteiger partial charge is 0.548 e. The molecule has 0 unspecified atom stereocenters. The molecule has 1 heterocycles. The number of nitrogens with two attached hydrogens (primary N) is 1. The predicted molar refractivity (Wildman–Crippen MR) is 96.9 cm³/mol. The van der Waals surface area contributed by atoms with E-state index in [4.69, 9.17) is 5.73 Å². The van der Waals surface area contributed by atoms with Crippen LogP contribution in [-0.4, -0.2) is 53.8 Å². The maximum atomic E-state index is 12.6. The Hall–Kier alpha value is -2.94. The van der Waals surface area contributed by atoms with Crippen molar-refractivity contribution in [1.29, 1.82) is 0 Å². The van der Waals surface area contributed by atoms with Crippen molar-refractivity contribution in [3.63, 3.8) is 0 Å². The summed E-state index contributed by atoms with van der Waals surface area (Å²) in [5, 5.41) is 13.3. The zero-order valence-corrected chi connectivity index (χ0v) is 15.6. The number of carboxylic acid groups (broad SMARTS) is 1. The molecule has 9 nitrogen and oxygen atoms in total. The lowest BCUT2D eigenvalue weighted by Gasteiger charge is -2.33. The maximum Gasteiger partial charge on any atom is 0.281 e. The van der Waals surface area contributed by atoms with E-state index >= 15 is 0 Å². The Morgan fingerprint density at radius 3 is 2.32 bits per heavy atom. The Morgan fingerprint density at radius 2 is 1.79 bits per heavy atom. The van der Waals surface area contributed by atoms with Gasteiger partial charge in [0.2, 0.25) is 11.8 Å². The predicted octanol–water partition coefficient (Wildman–Crippen LogP) is -2.81. The first-order valence-electron chi connectivity index (χ1n) is 9.23. The summed E-state index contributed by atoms with van der Waals surface area (Å²) in [6, 6.07) is 7.77. The molecule has 6 N–H and O–H groups in total. The molecule has 0 spiro atoms. The highest BCUT2D eigenvalue weighted by Crippen LogP contribution is 2.18. The van der Waals surface area contributed by atoms with Crippen LogP contribution in [0.15, 0.2) is 30.3 Å². The second kappa shape index (κ2) is 9.84. The molecular formula is C19H26N4O5. The highest BCUT2D eigenvalue weighted by atomic mass is 16.4. The van der Waals surface area contributed by atoms with Crippen LogP contribution in [0.2, 0.25) is 0 Å². The summed E-state index contributed by atoms with van der Waals surface area (Å²) in [5.41, 5.74) is 9.99. The molecule has 1 aliphatic heterocycles. The van der Waals surface area contributed by atoms with E-state index in [1.165, 1.54) is 0 Å². The quantitative estimate of drug-likeness (QED) is 0.436. The topological polar surface area (TPSA) is 160 Å². The first kappa shape index (κ1) is 21.4. The smallest absolute Gasteiger partial charge is 0.281 e. The van der Waals surface area contributed by atoms with Gasteiger partial charge in [-0.25, -0.2) is 0 Å². The first-order chi connectivity index (χ1) is 13.3. The lowest BCUT2D eigenvalue weighted by atomic mass is 9.94. The number of nitrogens with zero attached hydrogens (tertiary/aromatic N) is 1. The number of benzene rings is 1. The van der Waals surface area contributed by atoms with Crippen molar-refractivity contribution < 1.29 is 30.0 Å². The van der Waals surface area contributed by atoms with Crippen LogP contribution in [0.25, 0.3) is 0 Å². The van der Waals surface area contributed by atoms with Crippen LogP contribution in [0.3, 0.4) is 0 Å². The molecule has 0 saturated carbocycles. The third-order valence-electron chi connectivity index (χ3n) is 4.86. The summed E-state index contributed by atoms with van der Waals surface area (Å²) in [7, 11) is 0. The van der Waals surface area contributed by atoms with E-state index in [2.05, 4.69) is 11.1 Å². The molecule has 2 atom stereocenters. The second-order valence-corrected chi connectivity index (χ2v) is 7.04. The van der Waals surface area contributed by atoms with Gasteiger partial charge in [-0.3, -0.25) is 14.4 Å². The van der Waals surface area contributed by atoms with E-state index in [1.54, 1.807) is 4.90 Å². The lowest BCUT2D eigenvalue weighted by Crippen LogP contribution is -2.69. The van der Waals surface area contributed by atoms with Crippen molar-refractivity contribution in [2.75, 3.05) is 13.1 Å². The van der Waals surface area contributed by atoms with E-state index in [1.807, 2.05) is 30.3 Å². The number of nitrogens with one attached hydrogen (secondary N) is 1. The number of carbonyl (C=O) groups is 4. The fourth-order valence-electron chi connectivity index (χ4n) is 3.29. The van der Waals surface area contributed by atoms with Crippen molar-refractivity contribution >= 4 is 23.7 Å². The molecule has 1 aromatic carbocycles. The SMILES string of the molecule is NC(=O)C[C@H](NC(=O)C1CCN(C(=O)[C@@H]([NH3+])Cc2ccccc2)CC1)C(=O)[O-]. The molecule has 2 rings (SSSR count). The number of rotatable bonds is 8. The van der Waals surface area contributed by atoms with Crippen LogP contribution >= 0.6 is 0 Å². The average molecular weight is 390 g/mol. The minimum Gasteiger partial charge on any atom is -0.548 e. The number of hydrogen-bond acceptors (Lipinski definition) is 5. The summed E-state index contributed by atoms with van der Waals surface area (Å²) in [6.07, 6.45) is 0.840. The summed E-state index contributed by atoms with van der Waals surface area (Å²) in [6.45, 7) is 0.785. The van der Waals surface area contributed by atoms with Crippen LogP contribution in [0.5, 0.6) is 0 Å². The number of hydrogen-bond donors (Lipinski definition) is 3. The third kappa shape index (κ3) is 6.05. The number of carboxylic acids is 1. The van der Waals surface area contributed by atoms with Gasteiger partial charge < -0.3 is 31.6 Å². The number of carbonyl (C=O) groups excluding carboxylic acids is 4. The normalized spacial score (nSPS) is 16.8. The summed E-state index contributed by atoms with van der Waals surface area (Å²) < 4.78 is 0. The lowest BCUT2D eigenvalue weighted by molar-refractivity contribution is -0.405. The maximum absolute atomic E-state index is 12.6. The van der Waals surface area contributed by atoms with Crippen LogP contribution in [0, 0.1) is 5.92 Å². The van der Waals surface area contributed by atoms with Gasteiger partial charge in [0.15, 0.2) is 6.04 Å². The molecule has 1 aromatic rings. The van der Waals surface area contributed by atoms with Gasteiger partial charge in [-0.05, 0) is 18.4 Å². The highest BCUT2D eigenvalue weighted by molar-refractivity contribution is 5.88. The molecular weight excluding hydrogens is 364 g/mol. The van der Waals surface area contributed by atoms with Gasteiger partial charge in [0.05, 0.1) is 18.4 Å². The monoisotopic (exact) mass is 390 g/mol. The van der Waals surface area contributed by atoms with Crippen molar-refractivity contribution in [1.82, 2.24) is 10.2 Å². The van der Waals surface area contributed by atoms with Gasteiger partial charge in [0.1, 0.15) is 0 Å². The molecule has 1 fully saturated rings. The van der Waals surface area contributed by atoms with Crippen molar-refractivity contribution in [2.24, 2.45) is 11.7 Å². The molecule has 1 aliphatic rings. The van der Waals surface area contributed by atoms with Gasteiger partial charge in [-0.1, -0.05) is 30.3 Å². The van der Waals surface area contributed by atoms with Gasteiger partial charge in [-0.15, -0.1) is 0 Å². The average Bonchev–Trinajstić information content (AvgIpc) is 2.67. The van der Waals surface area contributed by atoms with Crippen LogP contribution in [0.4, 0.5) is 0 Å². The van der Waals surface area contributed by atoms with E-state index in [9.17, 15) is 24.3 Å². The molecule has 28 heavy (non-hydrogen) atoms. The molecule has 152 valence electrons. The van der Waals surface area contributed by atoms with Crippen LogP contribution in [0.1, 0.15) is 24.8 Å². The zero-order chi connectivity index (χ0) is 20.7. The standard InChI is InChI=1S/C19H26N4O5/c20-14(10-12-4-2-1-3-5-12)18(26)23-8-6-13(7-9-23)17(25)22-15(19(27)28)11-16(21)24/h1-5,13-15H,6-11,20H2,(H2,21,24)(H,22,25)(H,27,28)/t14-,15-/m0/s1. The highest BCUT2D eigenvalue weighted by Gasteiger charge is 2.32. The molecule has 0 aromatic heterocycles. The minimum absolute atomic E-state index is 0.0657. The Bertz CT molecular complexity index is 716. The summed E-state index contributed by atoms with van der Waals surface area (Å²) in [5.74, 6) is -3.37. The Morgan fingerprint density at radius 1 is 1.18 bits per heavy atom. The van der Waals surface area contributed by atoms with Gasteiger partial charge >= 0.3 is 0 Å². The van der Waals surface area contributed by atoms with Crippen molar-refractivity contribution in [3.05, 3.63) is 35.9 Å². The van der Waals surface area contributed by atoms with Gasteiger partial charge in [-0.2, -0.15) is 0 Å². The third-order valence-corrected chi connectivity index (χ3v) is 4.86. The zero-order valence-electron chi connectivity index (χ0n) is 15.6. The van der Waals surface area contributed by atoms with Crippen molar-refractivity contribution in [3.8, 4) is 0 Å². The molecule has 0 radical (unpaired) electrons. The number of piperidine rings is 1. The number of primary amides is 1. The molecule has 1 saturated heterocycles. The minimum atomic E-state index is -1.56. The Kier molecular flexibility index (Phi) is 7.51. The summed E-state index contributed by atoms with van der Waals surface area (Å²) >= 11 is 0. The van der Waals surface area contributed by atoms with Crippen LogP contribution < -0.4 is 21.9 Å². The first-order valence-corrected chi connectivity index (χ1v) is 9.23. The number of quaternary nitrogens is 1. The Balaban J connectivity index is 1.84. The molecule has 0 aliphatic carbocycles. The Labute approximate surface area is 163 Å². The van der Waals surface area contributed by atoms with Crippen molar-refractivity contribution in [2.45, 2.75) is 37.8 Å². The van der Waals surface area contributed by atoms with E-state index in [-0.39, 0.29) is 5.91 Å². The van der Waals surface area contributed by atoms with Gasteiger partial charge in [0, 0.05) is 25.4 Å². The number of amides is 3. The van der Waals surface area contributed by atoms with E-state index in [0.29, 0.717) is 32.4 Å². The van der Waals surface area contributed by atoms with E-state index < -0.39 is 42.2 Å². The molecule has 0 bridgehead atoms. The fraction of sp³-hybridized carbons (Fsp3) is 0.474. The number of likely N-dealkylation sites (tertiary alicyclic amines) is 1. The number of aliphatic carboxylic acids is 1.